The molecule has 2 rings (SSSR count). The Bertz CT molecular complexity index is 765. The highest BCUT2D eigenvalue weighted by Crippen LogP contribution is 2.22. The number of nitrogens with one attached hydrogen (secondary N) is 2. The fraction of sp³-hybridized carbons (Fsp3) is 0.263. The standard InChI is InChI=1S/C19H22FN3O3/c1-13(16-6-4-5-7-17(16)20)23(2)19(25)22-15-10-8-14(9-11-15)21-18(24)12-26-3/h4-11,13H,12H2,1-3H3,(H,21,24)(H,22,25)/t13-/m1/s1. The maximum atomic E-state index is 13.9. The molecule has 0 saturated carbocycles. The van der Waals surface area contributed by atoms with Crippen LogP contribution in [0.3, 0.4) is 0 Å². The van der Waals surface area contributed by atoms with Crippen LogP contribution in [-0.2, 0) is 9.53 Å². The molecule has 0 fully saturated rings. The lowest BCUT2D eigenvalue weighted by atomic mass is 10.1. The van der Waals surface area contributed by atoms with Gasteiger partial charge < -0.3 is 20.3 Å². The fourth-order valence-electron chi connectivity index (χ4n) is 2.38. The number of halogens is 1. The molecule has 1 atom stereocenters. The summed E-state index contributed by atoms with van der Waals surface area (Å²) in [6.07, 6.45) is 0. The summed E-state index contributed by atoms with van der Waals surface area (Å²) in [5, 5.41) is 5.41. The molecule has 0 bridgehead atoms. The van der Waals surface area contributed by atoms with Gasteiger partial charge >= 0.3 is 6.03 Å². The van der Waals surface area contributed by atoms with Gasteiger partial charge in [-0.3, -0.25) is 4.79 Å². The van der Waals surface area contributed by atoms with Gasteiger partial charge in [0.25, 0.3) is 0 Å². The van der Waals surface area contributed by atoms with E-state index in [1.807, 2.05) is 0 Å². The largest absolute Gasteiger partial charge is 0.375 e. The van der Waals surface area contributed by atoms with Crippen molar-refractivity contribution in [2.24, 2.45) is 0 Å². The SMILES string of the molecule is COCC(=O)Nc1ccc(NC(=O)N(C)[C@H](C)c2ccccc2F)cc1. The molecular formula is C19H22FN3O3. The molecule has 2 N–H and O–H groups in total. The highest BCUT2D eigenvalue weighted by atomic mass is 19.1. The van der Waals surface area contributed by atoms with E-state index in [4.69, 9.17) is 4.74 Å². The first kappa shape index (κ1) is 19.4. The quantitative estimate of drug-likeness (QED) is 0.827. The minimum absolute atomic E-state index is 0.0305. The number of carbonyl (C=O) groups is 2. The van der Waals surface area contributed by atoms with E-state index in [9.17, 15) is 14.0 Å². The summed E-state index contributed by atoms with van der Waals surface area (Å²) in [4.78, 5) is 25.3. The summed E-state index contributed by atoms with van der Waals surface area (Å²) in [6.45, 7) is 1.73. The lowest BCUT2D eigenvalue weighted by Gasteiger charge is -2.26. The van der Waals surface area contributed by atoms with Crippen LogP contribution in [0.5, 0.6) is 0 Å². The van der Waals surface area contributed by atoms with Crippen LogP contribution < -0.4 is 10.6 Å². The molecule has 0 saturated heterocycles. The second-order valence-electron chi connectivity index (χ2n) is 5.80. The average molecular weight is 359 g/mol. The van der Waals surface area contributed by atoms with Gasteiger partial charge in [0.05, 0.1) is 6.04 Å². The Morgan fingerprint density at radius 1 is 1.08 bits per heavy atom. The molecule has 6 nitrogen and oxygen atoms in total. The van der Waals surface area contributed by atoms with E-state index < -0.39 is 6.04 Å². The first-order valence-corrected chi connectivity index (χ1v) is 8.09. The Labute approximate surface area is 152 Å². The molecule has 0 aliphatic rings. The summed E-state index contributed by atoms with van der Waals surface area (Å²) in [6, 6.07) is 12.3. The number of urea groups is 1. The monoisotopic (exact) mass is 359 g/mol. The normalized spacial score (nSPS) is 11.5. The zero-order valence-electron chi connectivity index (χ0n) is 15.0. The number of rotatable bonds is 6. The first-order chi connectivity index (χ1) is 12.4. The molecule has 0 heterocycles. The van der Waals surface area contributed by atoms with E-state index in [1.165, 1.54) is 18.1 Å². The topological polar surface area (TPSA) is 70.7 Å². The van der Waals surface area contributed by atoms with Crippen molar-refractivity contribution in [3.05, 3.63) is 59.9 Å². The third-order valence-electron chi connectivity index (χ3n) is 3.95. The highest BCUT2D eigenvalue weighted by molar-refractivity contribution is 5.93. The van der Waals surface area contributed by atoms with Crippen LogP contribution in [0.4, 0.5) is 20.6 Å². The molecule has 2 aromatic carbocycles. The summed E-state index contributed by atoms with van der Waals surface area (Å²) in [7, 11) is 3.04. The van der Waals surface area contributed by atoms with Gasteiger partial charge in [-0.2, -0.15) is 0 Å². The number of anilines is 2. The van der Waals surface area contributed by atoms with Crippen molar-refractivity contribution >= 4 is 23.3 Å². The van der Waals surface area contributed by atoms with Crippen LogP contribution in [0.1, 0.15) is 18.5 Å². The smallest absolute Gasteiger partial charge is 0.322 e. The van der Waals surface area contributed by atoms with Crippen molar-refractivity contribution in [3.8, 4) is 0 Å². The molecule has 0 radical (unpaired) electrons. The predicted molar refractivity (Wildman–Crippen MR) is 98.5 cm³/mol. The molecule has 2 aromatic rings. The molecule has 0 aromatic heterocycles. The van der Waals surface area contributed by atoms with E-state index in [2.05, 4.69) is 10.6 Å². The Balaban J connectivity index is 1.98. The van der Waals surface area contributed by atoms with Gasteiger partial charge in [-0.05, 0) is 37.3 Å². The Morgan fingerprint density at radius 3 is 2.23 bits per heavy atom. The highest BCUT2D eigenvalue weighted by Gasteiger charge is 2.20. The summed E-state index contributed by atoms with van der Waals surface area (Å²) in [5.74, 6) is -0.612. The van der Waals surface area contributed by atoms with E-state index in [0.29, 0.717) is 16.9 Å². The van der Waals surface area contributed by atoms with E-state index >= 15 is 0 Å². The van der Waals surface area contributed by atoms with Gasteiger partial charge in [-0.1, -0.05) is 18.2 Å². The number of ether oxygens (including phenoxy) is 1. The zero-order valence-corrected chi connectivity index (χ0v) is 15.0. The van der Waals surface area contributed by atoms with Crippen molar-refractivity contribution < 1.29 is 18.7 Å². The number of methoxy groups -OCH3 is 1. The third kappa shape index (κ3) is 5.03. The summed E-state index contributed by atoms with van der Waals surface area (Å²) < 4.78 is 18.6. The average Bonchev–Trinajstić information content (AvgIpc) is 2.62. The van der Waals surface area contributed by atoms with E-state index in [0.717, 1.165) is 0 Å². The van der Waals surface area contributed by atoms with Gasteiger partial charge in [0.1, 0.15) is 12.4 Å². The van der Waals surface area contributed by atoms with Crippen LogP contribution in [0.15, 0.2) is 48.5 Å². The lowest BCUT2D eigenvalue weighted by Crippen LogP contribution is -2.34. The van der Waals surface area contributed by atoms with Crippen LogP contribution >= 0.6 is 0 Å². The number of hydrogen-bond donors (Lipinski definition) is 2. The predicted octanol–water partition coefficient (Wildman–Crippen LogP) is 3.64. The second kappa shape index (κ2) is 8.96. The summed E-state index contributed by atoms with van der Waals surface area (Å²) in [5.41, 5.74) is 1.60. The molecule has 0 spiro atoms. The third-order valence-corrected chi connectivity index (χ3v) is 3.95. The number of amides is 3. The zero-order chi connectivity index (χ0) is 19.1. The molecule has 0 aliphatic heterocycles. The van der Waals surface area contributed by atoms with Crippen molar-refractivity contribution in [2.45, 2.75) is 13.0 Å². The van der Waals surface area contributed by atoms with Crippen LogP contribution in [0, 0.1) is 5.82 Å². The first-order valence-electron chi connectivity index (χ1n) is 8.09. The van der Waals surface area contributed by atoms with Crippen LogP contribution in [-0.4, -0.2) is 37.6 Å². The van der Waals surface area contributed by atoms with Crippen molar-refractivity contribution in [1.29, 1.82) is 0 Å². The number of benzene rings is 2. The lowest BCUT2D eigenvalue weighted by molar-refractivity contribution is -0.119. The molecule has 138 valence electrons. The van der Waals surface area contributed by atoms with Crippen molar-refractivity contribution in [3.63, 3.8) is 0 Å². The molecule has 26 heavy (non-hydrogen) atoms. The Kier molecular flexibility index (Phi) is 6.68. The maximum absolute atomic E-state index is 13.9. The number of carbonyl (C=O) groups excluding carboxylic acids is 2. The minimum Gasteiger partial charge on any atom is -0.375 e. The molecule has 7 heteroatoms. The van der Waals surface area contributed by atoms with Crippen molar-refractivity contribution in [2.75, 3.05) is 31.4 Å². The molecule has 0 aliphatic carbocycles. The maximum Gasteiger partial charge on any atom is 0.322 e. The fourth-order valence-corrected chi connectivity index (χ4v) is 2.38. The Morgan fingerprint density at radius 2 is 1.65 bits per heavy atom. The van der Waals surface area contributed by atoms with Crippen LogP contribution in [0.2, 0.25) is 0 Å². The van der Waals surface area contributed by atoms with Gasteiger partial charge in [0.15, 0.2) is 0 Å². The second-order valence-corrected chi connectivity index (χ2v) is 5.80. The van der Waals surface area contributed by atoms with Crippen molar-refractivity contribution in [1.82, 2.24) is 4.90 Å². The number of nitrogens with zero attached hydrogens (tertiary/aromatic N) is 1. The van der Waals surface area contributed by atoms with Gasteiger partial charge in [-0.25, -0.2) is 9.18 Å². The minimum atomic E-state index is -0.427. The summed E-state index contributed by atoms with van der Waals surface area (Å²) >= 11 is 0. The molecular weight excluding hydrogens is 337 g/mol. The van der Waals surface area contributed by atoms with E-state index in [-0.39, 0.29) is 24.4 Å². The van der Waals surface area contributed by atoms with E-state index in [1.54, 1.807) is 56.4 Å². The molecule has 3 amide bonds. The van der Waals surface area contributed by atoms with Gasteiger partial charge in [0, 0.05) is 31.1 Å². The van der Waals surface area contributed by atoms with Crippen LogP contribution in [0.25, 0.3) is 0 Å². The molecule has 0 unspecified atom stereocenters. The van der Waals surface area contributed by atoms with Gasteiger partial charge in [0.2, 0.25) is 5.91 Å². The number of hydrogen-bond acceptors (Lipinski definition) is 3. The Hall–Kier alpha value is -2.93. The van der Waals surface area contributed by atoms with Gasteiger partial charge in [-0.15, -0.1) is 0 Å².